The van der Waals surface area contributed by atoms with Crippen LogP contribution in [-0.2, 0) is 0 Å². The van der Waals surface area contributed by atoms with Gasteiger partial charge in [0.15, 0.2) is 0 Å². The quantitative estimate of drug-likeness (QED) is 0.513. The molecule has 0 N–H and O–H groups in total. The molecule has 0 aromatic rings. The molecule has 0 rings (SSSR count). The van der Waals surface area contributed by atoms with Gasteiger partial charge in [0.05, 0.1) is 0 Å². The van der Waals surface area contributed by atoms with Crippen LogP contribution >= 0.6 is 0 Å². The molecular formula is C7H16Si. The highest BCUT2D eigenvalue weighted by Crippen LogP contribution is 2.15. The van der Waals surface area contributed by atoms with Crippen LogP contribution in [0.1, 0.15) is 13.3 Å². The maximum absolute atomic E-state index is 5.55. The first-order chi connectivity index (χ1) is 3.62. The fourth-order valence-corrected chi connectivity index (χ4v) is 2.34. The second kappa shape index (κ2) is 3.28. The highest BCUT2D eigenvalue weighted by atomic mass is 28.3. The molecule has 0 unspecified atom stereocenters. The summed E-state index contributed by atoms with van der Waals surface area (Å²) in [6.45, 7) is 12.5. The summed E-state index contributed by atoms with van der Waals surface area (Å²) in [5.74, 6) is 0. The lowest BCUT2D eigenvalue weighted by Gasteiger charge is -2.17. The number of hydrogen-bond donors (Lipinski definition) is 0. The minimum Gasteiger partial charge on any atom is -0.0693 e. The van der Waals surface area contributed by atoms with Crippen molar-refractivity contribution in [2.75, 3.05) is 0 Å². The molecule has 0 heterocycles. The van der Waals surface area contributed by atoms with E-state index in [1.807, 2.05) is 0 Å². The van der Waals surface area contributed by atoms with Crippen LogP contribution in [-0.4, -0.2) is 8.07 Å². The van der Waals surface area contributed by atoms with E-state index in [1.165, 1.54) is 12.5 Å². The third kappa shape index (κ3) is 3.25. The van der Waals surface area contributed by atoms with Gasteiger partial charge >= 0.3 is 0 Å². The van der Waals surface area contributed by atoms with Crippen LogP contribution in [0.15, 0.2) is 0 Å². The maximum atomic E-state index is 5.55. The van der Waals surface area contributed by atoms with E-state index >= 15 is 0 Å². The summed E-state index contributed by atoms with van der Waals surface area (Å²) in [4.78, 5) is 0. The van der Waals surface area contributed by atoms with Crippen LogP contribution in [0.3, 0.4) is 0 Å². The minimum atomic E-state index is -0.899. The first-order valence-electron chi connectivity index (χ1n) is 3.32. The highest BCUT2D eigenvalue weighted by molar-refractivity contribution is 6.77. The van der Waals surface area contributed by atoms with Crippen LogP contribution in [0, 0.1) is 6.92 Å². The van der Waals surface area contributed by atoms with Gasteiger partial charge in [0, 0.05) is 8.07 Å². The summed E-state index contributed by atoms with van der Waals surface area (Å²) < 4.78 is 0. The second-order valence-electron chi connectivity index (χ2n) is 3.12. The highest BCUT2D eigenvalue weighted by Gasteiger charge is 2.15. The SMILES string of the molecule is [CH]C[Si](C)(C)CCC. The normalized spacial score (nSPS) is 12.0. The molecule has 2 radical (unpaired) electrons. The van der Waals surface area contributed by atoms with E-state index in [-0.39, 0.29) is 0 Å². The average molecular weight is 128 g/mol. The van der Waals surface area contributed by atoms with Crippen LogP contribution in [0.5, 0.6) is 0 Å². The van der Waals surface area contributed by atoms with Crippen molar-refractivity contribution < 1.29 is 0 Å². The maximum Gasteiger partial charge on any atom is 0.0476 e. The van der Waals surface area contributed by atoms with Crippen LogP contribution in [0.2, 0.25) is 25.2 Å². The Bertz CT molecular complexity index is 57.4. The van der Waals surface area contributed by atoms with Gasteiger partial charge in [0.1, 0.15) is 0 Å². The molecular weight excluding hydrogens is 112 g/mol. The van der Waals surface area contributed by atoms with Gasteiger partial charge in [-0.3, -0.25) is 0 Å². The van der Waals surface area contributed by atoms with Crippen molar-refractivity contribution in [3.05, 3.63) is 6.92 Å². The third-order valence-electron chi connectivity index (χ3n) is 1.48. The summed E-state index contributed by atoms with van der Waals surface area (Å²) in [7, 11) is -0.899. The summed E-state index contributed by atoms with van der Waals surface area (Å²) in [6, 6.07) is 2.32. The third-order valence-corrected chi connectivity index (χ3v) is 4.44. The van der Waals surface area contributed by atoms with E-state index in [9.17, 15) is 0 Å². The van der Waals surface area contributed by atoms with Gasteiger partial charge in [-0.25, -0.2) is 0 Å². The molecule has 8 heavy (non-hydrogen) atoms. The minimum absolute atomic E-state index is 0.899. The van der Waals surface area contributed by atoms with Crippen molar-refractivity contribution in [2.45, 2.75) is 38.5 Å². The summed E-state index contributed by atoms with van der Waals surface area (Å²) in [5, 5.41) is 0. The van der Waals surface area contributed by atoms with Gasteiger partial charge in [-0.1, -0.05) is 38.5 Å². The molecule has 0 atom stereocenters. The molecule has 0 saturated heterocycles. The molecule has 0 aliphatic heterocycles. The predicted molar refractivity (Wildman–Crippen MR) is 41.7 cm³/mol. The van der Waals surface area contributed by atoms with Gasteiger partial charge < -0.3 is 0 Å². The molecule has 0 aliphatic rings. The summed E-state index contributed by atoms with van der Waals surface area (Å²) in [5.41, 5.74) is 0. The molecule has 0 spiro atoms. The van der Waals surface area contributed by atoms with E-state index in [0.717, 1.165) is 6.04 Å². The Morgan fingerprint density at radius 3 is 2.00 bits per heavy atom. The zero-order valence-corrected chi connectivity index (χ0v) is 7.20. The van der Waals surface area contributed by atoms with Crippen LogP contribution < -0.4 is 0 Å². The monoisotopic (exact) mass is 128 g/mol. The first kappa shape index (κ1) is 8.22. The van der Waals surface area contributed by atoms with Crippen LogP contribution in [0.4, 0.5) is 0 Å². The lowest BCUT2D eigenvalue weighted by Crippen LogP contribution is -2.22. The van der Waals surface area contributed by atoms with Crippen molar-refractivity contribution in [1.29, 1.82) is 0 Å². The number of rotatable bonds is 3. The Labute approximate surface area is 54.3 Å². The van der Waals surface area contributed by atoms with Gasteiger partial charge in [0.25, 0.3) is 0 Å². The smallest absolute Gasteiger partial charge is 0.0476 e. The molecule has 0 nitrogen and oxygen atoms in total. The molecule has 0 bridgehead atoms. The molecule has 0 aromatic carbocycles. The Hall–Kier alpha value is 0.217. The largest absolute Gasteiger partial charge is 0.0693 e. The van der Waals surface area contributed by atoms with Gasteiger partial charge in [0.2, 0.25) is 0 Å². The van der Waals surface area contributed by atoms with Gasteiger partial charge in [-0.15, -0.1) is 0 Å². The molecule has 0 saturated carbocycles. The topological polar surface area (TPSA) is 0 Å². The van der Waals surface area contributed by atoms with Crippen molar-refractivity contribution in [3.63, 3.8) is 0 Å². The molecule has 0 amide bonds. The molecule has 1 heteroatoms. The van der Waals surface area contributed by atoms with Crippen molar-refractivity contribution in [3.8, 4) is 0 Å². The van der Waals surface area contributed by atoms with Crippen molar-refractivity contribution in [1.82, 2.24) is 0 Å². The summed E-state index contributed by atoms with van der Waals surface area (Å²) in [6.07, 6.45) is 1.30. The van der Waals surface area contributed by atoms with Crippen LogP contribution in [0.25, 0.3) is 0 Å². The fourth-order valence-electron chi connectivity index (χ4n) is 0.779. The van der Waals surface area contributed by atoms with E-state index in [4.69, 9.17) is 6.92 Å². The Balaban J connectivity index is 3.37. The molecule has 0 aliphatic carbocycles. The molecule has 0 aromatic heterocycles. The van der Waals surface area contributed by atoms with E-state index < -0.39 is 8.07 Å². The van der Waals surface area contributed by atoms with Crippen molar-refractivity contribution in [2.24, 2.45) is 0 Å². The van der Waals surface area contributed by atoms with E-state index in [1.54, 1.807) is 0 Å². The summed E-state index contributed by atoms with van der Waals surface area (Å²) >= 11 is 0. The average Bonchev–Trinajstić information content (AvgIpc) is 1.67. The zero-order chi connectivity index (χ0) is 6.62. The Morgan fingerprint density at radius 2 is 1.88 bits per heavy atom. The Kier molecular flexibility index (Phi) is 3.37. The predicted octanol–water partition coefficient (Wildman–Crippen LogP) is 2.82. The lowest BCUT2D eigenvalue weighted by molar-refractivity contribution is 1.04. The first-order valence-corrected chi connectivity index (χ1v) is 6.74. The second-order valence-corrected chi connectivity index (χ2v) is 8.36. The lowest BCUT2D eigenvalue weighted by atomic mass is 10.6. The van der Waals surface area contributed by atoms with E-state index in [2.05, 4.69) is 20.0 Å². The van der Waals surface area contributed by atoms with E-state index in [0.29, 0.717) is 0 Å². The van der Waals surface area contributed by atoms with Gasteiger partial charge in [-0.05, 0) is 6.92 Å². The van der Waals surface area contributed by atoms with Crippen molar-refractivity contribution >= 4 is 8.07 Å². The Morgan fingerprint density at radius 1 is 1.38 bits per heavy atom. The molecule has 0 fully saturated rings. The van der Waals surface area contributed by atoms with Gasteiger partial charge in [-0.2, -0.15) is 0 Å². The standard InChI is InChI=1S/C7H16Si/c1-5-7-8(3,4)6-2/h2H,5-7H2,1,3-4H3. The fraction of sp³-hybridized carbons (Fsp3) is 0.857. The molecule has 48 valence electrons. The zero-order valence-electron chi connectivity index (χ0n) is 6.20. The number of hydrogen-bond acceptors (Lipinski definition) is 0.